The number of unbranched alkanes of at least 4 members (excludes halogenated alkanes) is 11. The number of alkyl halides is 1. The molecule has 1 heteroatoms. The summed E-state index contributed by atoms with van der Waals surface area (Å²) in [6.07, 6.45) is 20.0. The van der Waals surface area contributed by atoms with Gasteiger partial charge < -0.3 is 0 Å². The van der Waals surface area contributed by atoms with Gasteiger partial charge in [0.15, 0.2) is 0 Å². The Hall–Kier alpha value is 0.480. The van der Waals surface area contributed by atoms with Gasteiger partial charge in [0.1, 0.15) is 0 Å². The second-order valence-corrected chi connectivity index (χ2v) is 9.02. The Morgan fingerprint density at radius 2 is 1.10 bits per heavy atom. The van der Waals surface area contributed by atoms with Gasteiger partial charge in [-0.3, -0.25) is 0 Å². The first kappa shape index (κ1) is 21.5. The molecule has 0 saturated heterocycles. The van der Waals surface area contributed by atoms with Gasteiger partial charge in [-0.25, -0.2) is 0 Å². The fourth-order valence-electron chi connectivity index (χ4n) is 2.94. The van der Waals surface area contributed by atoms with E-state index < -0.39 is 0 Å². The number of rotatable bonds is 15. The number of halogens is 1. The van der Waals surface area contributed by atoms with Crippen molar-refractivity contribution in [1.29, 1.82) is 0 Å². The largest absolute Gasteiger partial charge is 0.0854 e. The van der Waals surface area contributed by atoms with E-state index in [4.69, 9.17) is 0 Å². The summed E-state index contributed by atoms with van der Waals surface area (Å²) in [7, 11) is 0. The Morgan fingerprint density at radius 1 is 0.714 bits per heavy atom. The van der Waals surface area contributed by atoms with Gasteiger partial charge in [-0.2, -0.15) is 0 Å². The smallest absolute Gasteiger partial charge is 0.0252 e. The van der Waals surface area contributed by atoms with Crippen LogP contribution in [0.2, 0.25) is 0 Å². The summed E-state index contributed by atoms with van der Waals surface area (Å²) in [6.45, 7) is 9.32. The third-order valence-electron chi connectivity index (χ3n) is 5.21. The van der Waals surface area contributed by atoms with Gasteiger partial charge in [0.25, 0.3) is 0 Å². The summed E-state index contributed by atoms with van der Waals surface area (Å²) in [5.74, 6) is 0.797. The van der Waals surface area contributed by atoms with E-state index in [2.05, 4.69) is 43.6 Å². The van der Waals surface area contributed by atoms with E-state index >= 15 is 0 Å². The van der Waals surface area contributed by atoms with Gasteiger partial charge in [0.2, 0.25) is 0 Å². The van der Waals surface area contributed by atoms with Gasteiger partial charge in [-0.1, -0.05) is 114 Å². The summed E-state index contributed by atoms with van der Waals surface area (Å²) in [6, 6.07) is 0. The zero-order chi connectivity index (χ0) is 16.0. The molecule has 0 aromatic heterocycles. The minimum atomic E-state index is 0.352. The van der Waals surface area contributed by atoms with Crippen LogP contribution in [0.3, 0.4) is 0 Å². The first-order valence-electron chi connectivity index (χ1n) is 9.73. The second-order valence-electron chi connectivity index (χ2n) is 7.21. The fraction of sp³-hybridized carbons (Fsp3) is 1.00. The van der Waals surface area contributed by atoms with Crippen LogP contribution < -0.4 is 0 Å². The highest BCUT2D eigenvalue weighted by Gasteiger charge is 2.24. The summed E-state index contributed by atoms with van der Waals surface area (Å²) in [5, 5.41) is 0. The molecule has 21 heavy (non-hydrogen) atoms. The monoisotopic (exact) mass is 360 g/mol. The molecule has 0 saturated carbocycles. The minimum Gasteiger partial charge on any atom is -0.0854 e. The molecule has 0 fully saturated rings. The van der Waals surface area contributed by atoms with Gasteiger partial charge in [-0.15, -0.1) is 0 Å². The minimum absolute atomic E-state index is 0.352. The Kier molecular flexibility index (Phi) is 14.4. The van der Waals surface area contributed by atoms with Crippen LogP contribution in [0.1, 0.15) is 118 Å². The van der Waals surface area contributed by atoms with Crippen molar-refractivity contribution in [3.05, 3.63) is 0 Å². The van der Waals surface area contributed by atoms with Gasteiger partial charge in [0.05, 0.1) is 0 Å². The quantitative estimate of drug-likeness (QED) is 0.203. The van der Waals surface area contributed by atoms with Gasteiger partial charge >= 0.3 is 0 Å². The van der Waals surface area contributed by atoms with Gasteiger partial charge in [0, 0.05) is 4.32 Å². The zero-order valence-corrected chi connectivity index (χ0v) is 16.9. The number of hydrogen-bond donors (Lipinski definition) is 0. The Bertz CT molecular complexity index is 210. The second kappa shape index (κ2) is 14.1. The molecule has 0 nitrogen and oxygen atoms in total. The lowest BCUT2D eigenvalue weighted by Gasteiger charge is -2.28. The molecular weight excluding hydrogens is 320 g/mol. The number of hydrogen-bond acceptors (Lipinski definition) is 0. The molecule has 0 amide bonds. The molecule has 0 aromatic carbocycles. The van der Waals surface area contributed by atoms with Crippen molar-refractivity contribution < 1.29 is 0 Å². The normalized spacial score (nSPS) is 15.9. The molecule has 2 unspecified atom stereocenters. The summed E-state index contributed by atoms with van der Waals surface area (Å²) >= 11 is 3.88. The molecule has 0 bridgehead atoms. The average molecular weight is 361 g/mol. The van der Waals surface area contributed by atoms with E-state index in [1.54, 1.807) is 0 Å². The predicted molar refractivity (Wildman–Crippen MR) is 102 cm³/mol. The van der Waals surface area contributed by atoms with Crippen LogP contribution >= 0.6 is 15.9 Å². The van der Waals surface area contributed by atoms with E-state index in [9.17, 15) is 0 Å². The van der Waals surface area contributed by atoms with Crippen LogP contribution in [0.15, 0.2) is 0 Å². The average Bonchev–Trinajstić information content (AvgIpc) is 2.48. The van der Waals surface area contributed by atoms with Crippen molar-refractivity contribution in [2.75, 3.05) is 0 Å². The van der Waals surface area contributed by atoms with Crippen LogP contribution in [0.4, 0.5) is 0 Å². The summed E-state index contributed by atoms with van der Waals surface area (Å²) < 4.78 is 0.352. The SMILES string of the molecule is CCCCCCCCCCCCCCC(C)C(C)(Br)CC. The third kappa shape index (κ3) is 12.7. The van der Waals surface area contributed by atoms with Crippen LogP contribution in [0.5, 0.6) is 0 Å². The molecule has 0 rings (SSSR count). The van der Waals surface area contributed by atoms with Crippen LogP contribution in [-0.2, 0) is 0 Å². The molecule has 0 aliphatic heterocycles. The summed E-state index contributed by atoms with van der Waals surface area (Å²) in [5.41, 5.74) is 0. The van der Waals surface area contributed by atoms with Crippen molar-refractivity contribution >= 4 is 15.9 Å². The molecular formula is C20H41Br. The molecule has 0 aliphatic rings. The van der Waals surface area contributed by atoms with Crippen molar-refractivity contribution in [3.8, 4) is 0 Å². The molecule has 0 heterocycles. The highest BCUT2D eigenvalue weighted by atomic mass is 79.9. The molecule has 0 radical (unpaired) electrons. The van der Waals surface area contributed by atoms with E-state index in [1.165, 1.54) is 89.9 Å². The van der Waals surface area contributed by atoms with Crippen molar-refractivity contribution in [1.82, 2.24) is 0 Å². The maximum Gasteiger partial charge on any atom is 0.0252 e. The third-order valence-corrected chi connectivity index (χ3v) is 6.55. The van der Waals surface area contributed by atoms with E-state index in [0.717, 1.165) is 5.92 Å². The molecule has 128 valence electrons. The lowest BCUT2D eigenvalue weighted by molar-refractivity contribution is 0.385. The fourth-order valence-corrected chi connectivity index (χ4v) is 3.17. The Labute approximate surface area is 144 Å². The maximum atomic E-state index is 3.88. The van der Waals surface area contributed by atoms with Gasteiger partial charge in [-0.05, 0) is 25.7 Å². The van der Waals surface area contributed by atoms with Crippen LogP contribution in [0.25, 0.3) is 0 Å². The Balaban J connectivity index is 3.23. The van der Waals surface area contributed by atoms with Crippen molar-refractivity contribution in [2.24, 2.45) is 5.92 Å². The lowest BCUT2D eigenvalue weighted by Crippen LogP contribution is -2.24. The van der Waals surface area contributed by atoms with E-state index in [-0.39, 0.29) is 0 Å². The maximum absolute atomic E-state index is 3.88. The first-order chi connectivity index (χ1) is 10.0. The first-order valence-corrected chi connectivity index (χ1v) is 10.5. The van der Waals surface area contributed by atoms with Crippen LogP contribution in [0, 0.1) is 5.92 Å². The van der Waals surface area contributed by atoms with Crippen LogP contribution in [-0.4, -0.2) is 4.32 Å². The molecule has 0 spiro atoms. The molecule has 2 atom stereocenters. The molecule has 0 aromatic rings. The predicted octanol–water partition coefficient (Wildman–Crippen LogP) is 8.28. The van der Waals surface area contributed by atoms with E-state index in [0.29, 0.717) is 4.32 Å². The standard InChI is InChI=1S/C20H41Br/c1-5-7-8-9-10-11-12-13-14-15-16-17-18-19(3)20(4,21)6-2/h19H,5-18H2,1-4H3. The molecule has 0 aliphatic carbocycles. The lowest BCUT2D eigenvalue weighted by atomic mass is 9.88. The topological polar surface area (TPSA) is 0 Å². The van der Waals surface area contributed by atoms with Crippen molar-refractivity contribution in [2.45, 2.75) is 122 Å². The highest BCUT2D eigenvalue weighted by molar-refractivity contribution is 9.10. The van der Waals surface area contributed by atoms with Crippen molar-refractivity contribution in [3.63, 3.8) is 0 Å². The Morgan fingerprint density at radius 3 is 1.48 bits per heavy atom. The van der Waals surface area contributed by atoms with E-state index in [1.807, 2.05) is 0 Å². The summed E-state index contributed by atoms with van der Waals surface area (Å²) in [4.78, 5) is 0. The zero-order valence-electron chi connectivity index (χ0n) is 15.4. The highest BCUT2D eigenvalue weighted by Crippen LogP contribution is 2.34. The molecule has 0 N–H and O–H groups in total.